The molecular weight excluding hydrogens is 350 g/mol. The number of nitro groups is 1. The number of nitrogens with one attached hydrogen (secondary N) is 1. The van der Waals surface area contributed by atoms with Gasteiger partial charge in [0.15, 0.2) is 5.69 Å². The molecule has 0 saturated carbocycles. The number of halogens is 1. The van der Waals surface area contributed by atoms with Crippen molar-refractivity contribution in [2.45, 2.75) is 13.5 Å². The summed E-state index contributed by atoms with van der Waals surface area (Å²) in [5, 5.41) is 21.5. The summed E-state index contributed by atoms with van der Waals surface area (Å²) in [5.41, 5.74) is 1.08. The van der Waals surface area contributed by atoms with Crippen LogP contribution < -0.4 is 5.32 Å². The molecule has 0 aliphatic heterocycles. The van der Waals surface area contributed by atoms with Crippen molar-refractivity contribution in [2.75, 3.05) is 5.32 Å². The zero-order valence-corrected chi connectivity index (χ0v) is 13.7. The summed E-state index contributed by atoms with van der Waals surface area (Å²) >= 11 is 5.89. The van der Waals surface area contributed by atoms with Crippen LogP contribution in [0.4, 0.5) is 11.5 Å². The van der Waals surface area contributed by atoms with Gasteiger partial charge in [-0.25, -0.2) is 0 Å². The molecule has 0 fully saturated rings. The maximum atomic E-state index is 12.4. The molecule has 0 atom stereocenters. The molecule has 2 heterocycles. The molecule has 10 heteroatoms. The Kier molecular flexibility index (Phi) is 4.48. The number of amides is 1. The summed E-state index contributed by atoms with van der Waals surface area (Å²) < 4.78 is 6.43. The van der Waals surface area contributed by atoms with Gasteiger partial charge in [-0.1, -0.05) is 22.8 Å². The third-order valence-corrected chi connectivity index (χ3v) is 3.65. The Morgan fingerprint density at radius 2 is 2.24 bits per heavy atom. The lowest BCUT2D eigenvalue weighted by Gasteiger charge is -2.04. The minimum absolute atomic E-state index is 0.0793. The van der Waals surface area contributed by atoms with Crippen LogP contribution in [0.15, 0.2) is 41.1 Å². The molecule has 0 aliphatic rings. The molecule has 0 spiro atoms. The van der Waals surface area contributed by atoms with Crippen LogP contribution in [0, 0.1) is 17.0 Å². The first-order valence-electron chi connectivity index (χ1n) is 7.14. The zero-order valence-electron chi connectivity index (χ0n) is 13.0. The van der Waals surface area contributed by atoms with Crippen LogP contribution in [0.1, 0.15) is 21.8 Å². The molecule has 0 unspecified atom stereocenters. The summed E-state index contributed by atoms with van der Waals surface area (Å²) in [7, 11) is 0. The number of hydrogen-bond donors (Lipinski definition) is 1. The number of aryl methyl sites for hydroxylation is 1. The molecule has 3 aromatic rings. The largest absolute Gasteiger partial charge is 0.389 e. The van der Waals surface area contributed by atoms with Crippen LogP contribution in [0.3, 0.4) is 0 Å². The van der Waals surface area contributed by atoms with Crippen molar-refractivity contribution in [2.24, 2.45) is 0 Å². The van der Waals surface area contributed by atoms with Gasteiger partial charge in [0.2, 0.25) is 0 Å². The minimum Gasteiger partial charge on any atom is -0.361 e. The van der Waals surface area contributed by atoms with E-state index in [0.29, 0.717) is 22.0 Å². The highest BCUT2D eigenvalue weighted by Crippen LogP contribution is 2.19. The number of carbonyl (C=O) groups is 1. The molecule has 0 bridgehead atoms. The first kappa shape index (κ1) is 16.7. The van der Waals surface area contributed by atoms with Crippen molar-refractivity contribution in [3.8, 4) is 0 Å². The fourth-order valence-electron chi connectivity index (χ4n) is 2.21. The van der Waals surface area contributed by atoms with Crippen LogP contribution in [0.5, 0.6) is 0 Å². The summed E-state index contributed by atoms with van der Waals surface area (Å²) in [6.45, 7) is 1.76. The van der Waals surface area contributed by atoms with Gasteiger partial charge in [0.05, 0.1) is 29.5 Å². The van der Waals surface area contributed by atoms with E-state index in [4.69, 9.17) is 16.1 Å². The summed E-state index contributed by atoms with van der Waals surface area (Å²) in [4.78, 5) is 22.6. The predicted octanol–water partition coefficient (Wildman–Crippen LogP) is 3.04. The van der Waals surface area contributed by atoms with Gasteiger partial charge in [-0.3, -0.25) is 4.79 Å². The van der Waals surface area contributed by atoms with E-state index in [1.165, 1.54) is 16.9 Å². The Morgan fingerprint density at radius 3 is 2.92 bits per heavy atom. The third kappa shape index (κ3) is 3.66. The normalized spacial score (nSPS) is 10.6. The Balaban J connectivity index is 1.83. The Hall–Kier alpha value is -3.20. The van der Waals surface area contributed by atoms with E-state index in [1.54, 1.807) is 31.2 Å². The summed E-state index contributed by atoms with van der Waals surface area (Å²) in [6, 6.07) is 7.95. The van der Waals surface area contributed by atoms with E-state index in [9.17, 15) is 14.9 Å². The SMILES string of the molecule is Cc1onc(C(=O)Nc2cccc(Cl)c2)c1Cn1ccc([N+](=O)[O-])n1. The van der Waals surface area contributed by atoms with E-state index >= 15 is 0 Å². The molecule has 1 N–H and O–H groups in total. The van der Waals surface area contributed by atoms with Crippen molar-refractivity contribution in [1.29, 1.82) is 0 Å². The predicted molar refractivity (Wildman–Crippen MR) is 88.6 cm³/mol. The van der Waals surface area contributed by atoms with Crippen molar-refractivity contribution in [3.63, 3.8) is 0 Å². The average Bonchev–Trinajstić information content (AvgIpc) is 3.16. The average molecular weight is 362 g/mol. The monoisotopic (exact) mass is 361 g/mol. The van der Waals surface area contributed by atoms with Crippen LogP contribution in [0.25, 0.3) is 0 Å². The molecule has 3 rings (SSSR count). The van der Waals surface area contributed by atoms with Gasteiger partial charge < -0.3 is 20.0 Å². The maximum absolute atomic E-state index is 12.4. The Morgan fingerprint density at radius 1 is 1.44 bits per heavy atom. The van der Waals surface area contributed by atoms with E-state index in [-0.39, 0.29) is 18.1 Å². The second-order valence-corrected chi connectivity index (χ2v) is 5.60. The molecule has 1 amide bonds. The highest BCUT2D eigenvalue weighted by Gasteiger charge is 2.22. The van der Waals surface area contributed by atoms with Crippen molar-refractivity contribution in [3.05, 3.63) is 68.7 Å². The van der Waals surface area contributed by atoms with E-state index in [0.717, 1.165) is 0 Å². The van der Waals surface area contributed by atoms with Gasteiger partial charge in [-0.2, -0.15) is 4.68 Å². The standard InChI is InChI=1S/C15H12ClN5O4/c1-9-12(8-20-6-5-13(18-20)21(23)24)14(19-25-9)15(22)17-11-4-2-3-10(16)7-11/h2-7H,8H2,1H3,(H,17,22). The smallest absolute Gasteiger partial charge is 0.361 e. The molecule has 0 saturated heterocycles. The lowest BCUT2D eigenvalue weighted by Crippen LogP contribution is -2.16. The van der Waals surface area contributed by atoms with E-state index in [1.807, 2.05) is 0 Å². The molecule has 1 aromatic carbocycles. The number of aromatic nitrogens is 3. The van der Waals surface area contributed by atoms with E-state index < -0.39 is 10.8 Å². The molecule has 2 aromatic heterocycles. The molecule has 0 radical (unpaired) electrons. The number of rotatable bonds is 5. The van der Waals surface area contributed by atoms with Gasteiger partial charge in [0.1, 0.15) is 5.76 Å². The highest BCUT2D eigenvalue weighted by atomic mass is 35.5. The van der Waals surface area contributed by atoms with Gasteiger partial charge in [-0.05, 0) is 30.0 Å². The number of hydrogen-bond acceptors (Lipinski definition) is 6. The second kappa shape index (κ2) is 6.73. The highest BCUT2D eigenvalue weighted by molar-refractivity contribution is 6.30. The fraction of sp³-hybridized carbons (Fsp3) is 0.133. The summed E-state index contributed by atoms with van der Waals surface area (Å²) in [5.74, 6) is -0.329. The van der Waals surface area contributed by atoms with Crippen molar-refractivity contribution >= 4 is 29.0 Å². The number of benzene rings is 1. The first-order valence-corrected chi connectivity index (χ1v) is 7.52. The molecule has 128 valence electrons. The van der Waals surface area contributed by atoms with Crippen molar-refractivity contribution < 1.29 is 14.2 Å². The lowest BCUT2D eigenvalue weighted by atomic mass is 10.2. The topological polar surface area (TPSA) is 116 Å². The fourth-order valence-corrected chi connectivity index (χ4v) is 2.40. The van der Waals surface area contributed by atoms with Crippen LogP contribution in [-0.4, -0.2) is 25.8 Å². The number of nitrogens with zero attached hydrogens (tertiary/aromatic N) is 4. The number of anilines is 1. The quantitative estimate of drug-likeness (QED) is 0.551. The molecule has 25 heavy (non-hydrogen) atoms. The van der Waals surface area contributed by atoms with Crippen LogP contribution in [-0.2, 0) is 6.54 Å². The molecule has 9 nitrogen and oxygen atoms in total. The summed E-state index contributed by atoms with van der Waals surface area (Å²) in [6.07, 6.45) is 1.45. The van der Waals surface area contributed by atoms with Crippen LogP contribution >= 0.6 is 11.6 Å². The van der Waals surface area contributed by atoms with Crippen molar-refractivity contribution in [1.82, 2.24) is 14.9 Å². The lowest BCUT2D eigenvalue weighted by molar-refractivity contribution is -0.389. The third-order valence-electron chi connectivity index (χ3n) is 3.42. The van der Waals surface area contributed by atoms with Gasteiger partial charge in [0, 0.05) is 10.7 Å². The molecular formula is C15H12ClN5O4. The van der Waals surface area contributed by atoms with E-state index in [2.05, 4.69) is 15.6 Å². The second-order valence-electron chi connectivity index (χ2n) is 5.16. The first-order chi connectivity index (χ1) is 11.9. The maximum Gasteiger partial charge on any atom is 0.389 e. The van der Waals surface area contributed by atoms with Gasteiger partial charge in [-0.15, -0.1) is 0 Å². The van der Waals surface area contributed by atoms with Gasteiger partial charge >= 0.3 is 5.82 Å². The van der Waals surface area contributed by atoms with Gasteiger partial charge in [0.25, 0.3) is 5.91 Å². The zero-order chi connectivity index (χ0) is 18.0. The Labute approximate surface area is 146 Å². The minimum atomic E-state index is -0.594. The van der Waals surface area contributed by atoms with Crippen LogP contribution in [0.2, 0.25) is 5.02 Å². The number of carbonyl (C=O) groups excluding carboxylic acids is 1. The molecule has 0 aliphatic carbocycles. The Bertz CT molecular complexity index is 949.